The SMILES string of the molecule is CC(c1ccc(F)cc1)c1c(Nc2cnccn2)nc(N)nc1-c1ncon1.Cl. The van der Waals surface area contributed by atoms with Crippen LogP contribution in [0.3, 0.4) is 0 Å². The van der Waals surface area contributed by atoms with Gasteiger partial charge in [0.05, 0.1) is 6.20 Å². The summed E-state index contributed by atoms with van der Waals surface area (Å²) in [6, 6.07) is 6.19. The topological polar surface area (TPSA) is 129 Å². The average Bonchev–Trinajstić information content (AvgIpc) is 3.23. The predicted octanol–water partition coefficient (Wildman–Crippen LogP) is 3.36. The summed E-state index contributed by atoms with van der Waals surface area (Å²) in [5.74, 6) is 0.632. The Kier molecular flexibility index (Phi) is 5.93. The molecule has 29 heavy (non-hydrogen) atoms. The highest BCUT2D eigenvalue weighted by atomic mass is 35.5. The number of hydrogen-bond acceptors (Lipinski definition) is 9. The second-order valence-electron chi connectivity index (χ2n) is 5.94. The smallest absolute Gasteiger partial charge is 0.222 e. The second-order valence-corrected chi connectivity index (χ2v) is 5.94. The number of nitrogens with two attached hydrogens (primary N) is 1. The first-order valence-electron chi connectivity index (χ1n) is 8.34. The van der Waals surface area contributed by atoms with E-state index < -0.39 is 0 Å². The van der Waals surface area contributed by atoms with Gasteiger partial charge in [-0.25, -0.2) is 14.4 Å². The Labute approximate surface area is 171 Å². The van der Waals surface area contributed by atoms with Crippen LogP contribution in [0, 0.1) is 5.82 Å². The average molecular weight is 415 g/mol. The summed E-state index contributed by atoms with van der Waals surface area (Å²) < 4.78 is 18.2. The Hall–Kier alpha value is -3.66. The van der Waals surface area contributed by atoms with Crippen molar-refractivity contribution in [3.8, 4) is 11.5 Å². The van der Waals surface area contributed by atoms with Crippen molar-refractivity contribution in [1.82, 2.24) is 30.1 Å². The summed E-state index contributed by atoms with van der Waals surface area (Å²) in [4.78, 5) is 21.0. The minimum absolute atomic E-state index is 0. The van der Waals surface area contributed by atoms with Crippen molar-refractivity contribution < 1.29 is 8.91 Å². The maximum Gasteiger partial charge on any atom is 0.222 e. The molecule has 0 aliphatic carbocycles. The number of halogens is 2. The first-order chi connectivity index (χ1) is 13.6. The molecule has 0 bridgehead atoms. The molecule has 3 N–H and O–H groups in total. The maximum absolute atomic E-state index is 13.4. The lowest BCUT2D eigenvalue weighted by atomic mass is 9.91. The van der Waals surface area contributed by atoms with E-state index in [0.717, 1.165) is 5.56 Å². The van der Waals surface area contributed by atoms with Crippen molar-refractivity contribution in [3.05, 3.63) is 66.2 Å². The Bertz CT molecular complexity index is 1080. The van der Waals surface area contributed by atoms with Crippen molar-refractivity contribution in [1.29, 1.82) is 0 Å². The molecular formula is C18H16ClFN8O. The number of rotatable bonds is 5. The van der Waals surface area contributed by atoms with Gasteiger partial charge in [0.2, 0.25) is 18.2 Å². The van der Waals surface area contributed by atoms with E-state index in [-0.39, 0.29) is 35.9 Å². The number of nitrogens with one attached hydrogen (secondary N) is 1. The molecular weight excluding hydrogens is 399 g/mol. The molecule has 148 valence electrons. The molecule has 3 heterocycles. The largest absolute Gasteiger partial charge is 0.368 e. The molecule has 11 heteroatoms. The quantitative estimate of drug-likeness (QED) is 0.504. The minimum Gasteiger partial charge on any atom is -0.368 e. The molecule has 0 fully saturated rings. The van der Waals surface area contributed by atoms with E-state index in [2.05, 4.69) is 35.4 Å². The van der Waals surface area contributed by atoms with Gasteiger partial charge in [0.25, 0.3) is 0 Å². The van der Waals surface area contributed by atoms with E-state index in [4.69, 9.17) is 10.3 Å². The molecule has 3 aromatic heterocycles. The molecule has 4 rings (SSSR count). The van der Waals surface area contributed by atoms with Crippen LogP contribution in [0.5, 0.6) is 0 Å². The number of nitrogens with zero attached hydrogens (tertiary/aromatic N) is 6. The number of anilines is 3. The fraction of sp³-hybridized carbons (Fsp3) is 0.111. The van der Waals surface area contributed by atoms with Crippen LogP contribution in [0.25, 0.3) is 11.5 Å². The van der Waals surface area contributed by atoms with Crippen molar-refractivity contribution in [3.63, 3.8) is 0 Å². The van der Waals surface area contributed by atoms with E-state index >= 15 is 0 Å². The molecule has 0 aliphatic rings. The third kappa shape index (κ3) is 4.27. The van der Waals surface area contributed by atoms with Crippen molar-refractivity contribution in [2.45, 2.75) is 12.8 Å². The van der Waals surface area contributed by atoms with Gasteiger partial charge in [0.1, 0.15) is 23.1 Å². The zero-order valence-electron chi connectivity index (χ0n) is 15.2. The number of benzene rings is 1. The maximum atomic E-state index is 13.4. The fourth-order valence-corrected chi connectivity index (χ4v) is 2.84. The molecule has 1 aromatic carbocycles. The van der Waals surface area contributed by atoms with E-state index in [1.54, 1.807) is 30.7 Å². The van der Waals surface area contributed by atoms with Gasteiger partial charge in [-0.2, -0.15) is 9.97 Å². The van der Waals surface area contributed by atoms with Gasteiger partial charge < -0.3 is 15.6 Å². The van der Waals surface area contributed by atoms with Crippen LogP contribution < -0.4 is 11.1 Å². The Morgan fingerprint density at radius 2 is 1.90 bits per heavy atom. The highest BCUT2D eigenvalue weighted by Crippen LogP contribution is 2.36. The lowest BCUT2D eigenvalue weighted by Gasteiger charge is -2.19. The van der Waals surface area contributed by atoms with Crippen LogP contribution in [-0.2, 0) is 0 Å². The molecule has 0 spiro atoms. The molecule has 0 saturated carbocycles. The molecule has 1 atom stereocenters. The van der Waals surface area contributed by atoms with Crippen LogP contribution >= 0.6 is 12.4 Å². The van der Waals surface area contributed by atoms with Gasteiger partial charge in [-0.3, -0.25) is 4.98 Å². The van der Waals surface area contributed by atoms with Gasteiger partial charge in [-0.05, 0) is 17.7 Å². The lowest BCUT2D eigenvalue weighted by molar-refractivity contribution is 0.418. The molecule has 0 radical (unpaired) electrons. The molecule has 4 aromatic rings. The van der Waals surface area contributed by atoms with E-state index in [9.17, 15) is 4.39 Å². The molecule has 0 amide bonds. The molecule has 0 saturated heterocycles. The lowest BCUT2D eigenvalue weighted by Crippen LogP contribution is -2.11. The summed E-state index contributed by atoms with van der Waals surface area (Å²) in [5.41, 5.74) is 7.83. The Morgan fingerprint density at radius 3 is 2.55 bits per heavy atom. The number of hydrogen-bond donors (Lipinski definition) is 2. The highest BCUT2D eigenvalue weighted by molar-refractivity contribution is 5.85. The van der Waals surface area contributed by atoms with Crippen LogP contribution in [0.15, 0.2) is 53.8 Å². The van der Waals surface area contributed by atoms with Gasteiger partial charge in [0, 0.05) is 23.9 Å². The van der Waals surface area contributed by atoms with Crippen molar-refractivity contribution >= 4 is 30.0 Å². The van der Waals surface area contributed by atoms with Crippen molar-refractivity contribution in [2.24, 2.45) is 0 Å². The summed E-state index contributed by atoms with van der Waals surface area (Å²) in [6.45, 7) is 1.94. The van der Waals surface area contributed by atoms with Gasteiger partial charge in [-0.1, -0.05) is 24.2 Å². The van der Waals surface area contributed by atoms with Crippen LogP contribution in [0.1, 0.15) is 24.0 Å². The first kappa shape index (κ1) is 20.1. The monoisotopic (exact) mass is 414 g/mol. The van der Waals surface area contributed by atoms with E-state index in [1.807, 2.05) is 6.92 Å². The van der Waals surface area contributed by atoms with Crippen molar-refractivity contribution in [2.75, 3.05) is 11.1 Å². The molecule has 0 aliphatic heterocycles. The highest BCUT2D eigenvalue weighted by Gasteiger charge is 2.24. The van der Waals surface area contributed by atoms with Crippen LogP contribution in [0.2, 0.25) is 0 Å². The number of nitrogen functional groups attached to an aromatic ring is 1. The Balaban J connectivity index is 0.00000240. The minimum atomic E-state index is -0.319. The van der Waals surface area contributed by atoms with Gasteiger partial charge in [0.15, 0.2) is 0 Å². The zero-order valence-corrected chi connectivity index (χ0v) is 16.0. The summed E-state index contributed by atoms with van der Waals surface area (Å²) in [6.07, 6.45) is 5.87. The summed E-state index contributed by atoms with van der Waals surface area (Å²) >= 11 is 0. The normalized spacial score (nSPS) is 11.5. The summed E-state index contributed by atoms with van der Waals surface area (Å²) in [7, 11) is 0. The van der Waals surface area contributed by atoms with E-state index in [1.165, 1.54) is 18.5 Å². The van der Waals surface area contributed by atoms with Crippen LogP contribution in [0.4, 0.5) is 22.0 Å². The van der Waals surface area contributed by atoms with Gasteiger partial charge in [-0.15, -0.1) is 12.4 Å². The first-order valence-corrected chi connectivity index (χ1v) is 8.34. The zero-order chi connectivity index (χ0) is 19.5. The van der Waals surface area contributed by atoms with Gasteiger partial charge >= 0.3 is 0 Å². The third-order valence-electron chi connectivity index (χ3n) is 4.15. The Morgan fingerprint density at radius 1 is 1.10 bits per heavy atom. The second kappa shape index (κ2) is 8.57. The molecule has 1 unspecified atom stereocenters. The summed E-state index contributed by atoms with van der Waals surface area (Å²) in [5, 5.41) is 6.99. The third-order valence-corrected chi connectivity index (χ3v) is 4.15. The predicted molar refractivity (Wildman–Crippen MR) is 106 cm³/mol. The number of aromatic nitrogens is 6. The standard InChI is InChI=1S/C18H15FN8O.ClH/c1-10(11-2-4-12(19)5-3-11)14-15(17-23-9-28-27-17)25-18(20)26-16(14)24-13-8-21-6-7-22-13;/h2-10H,1H3,(H3,20,22,24,25,26);1H. The van der Waals surface area contributed by atoms with Crippen LogP contribution in [-0.4, -0.2) is 30.1 Å². The molecule has 9 nitrogen and oxygen atoms in total. The fourth-order valence-electron chi connectivity index (χ4n) is 2.84. The van der Waals surface area contributed by atoms with E-state index in [0.29, 0.717) is 22.9 Å².